The maximum Gasteiger partial charge on any atom is 0.305 e. The van der Waals surface area contributed by atoms with Crippen LogP contribution in [0.25, 0.3) is 0 Å². The minimum Gasteiger partial charge on any atom is -0.466 e. The standard InChI is InChI=1S/C20H40O3/c1-3-5-6-7-10-13-16-19(21)17-14-11-8-9-12-15-18-20(22)23-4-2/h19,21H,3-18H2,1-2H3. The molecule has 0 fully saturated rings. The number of hydrogen-bond acceptors (Lipinski definition) is 3. The van der Waals surface area contributed by atoms with E-state index in [4.69, 9.17) is 4.74 Å². The Bertz CT molecular complexity index is 253. The number of carbonyl (C=O) groups excluding carboxylic acids is 1. The van der Waals surface area contributed by atoms with Crippen molar-refractivity contribution >= 4 is 5.97 Å². The van der Waals surface area contributed by atoms with E-state index in [1.807, 2.05) is 6.92 Å². The van der Waals surface area contributed by atoms with Gasteiger partial charge in [-0.3, -0.25) is 4.79 Å². The lowest BCUT2D eigenvalue weighted by atomic mass is 10.0. The Hall–Kier alpha value is -0.570. The van der Waals surface area contributed by atoms with E-state index >= 15 is 0 Å². The van der Waals surface area contributed by atoms with Crippen LogP contribution in [0.4, 0.5) is 0 Å². The number of aliphatic hydroxyl groups excluding tert-OH is 1. The van der Waals surface area contributed by atoms with Crippen LogP contribution in [0, 0.1) is 0 Å². The zero-order valence-corrected chi connectivity index (χ0v) is 15.7. The molecule has 1 atom stereocenters. The average molecular weight is 329 g/mol. The van der Waals surface area contributed by atoms with Crippen LogP contribution in [-0.2, 0) is 9.53 Å². The van der Waals surface area contributed by atoms with Crippen LogP contribution < -0.4 is 0 Å². The van der Waals surface area contributed by atoms with Crippen LogP contribution in [0.15, 0.2) is 0 Å². The summed E-state index contributed by atoms with van der Waals surface area (Å²) >= 11 is 0. The van der Waals surface area contributed by atoms with E-state index in [1.165, 1.54) is 57.8 Å². The third-order valence-electron chi connectivity index (χ3n) is 4.36. The molecule has 0 spiro atoms. The van der Waals surface area contributed by atoms with Gasteiger partial charge >= 0.3 is 5.97 Å². The second kappa shape index (κ2) is 17.8. The molecule has 0 heterocycles. The molecule has 0 rings (SSSR count). The Labute approximate surface area is 144 Å². The SMILES string of the molecule is CCCCCCCCC(O)CCCCCCCCC(=O)OCC. The maximum atomic E-state index is 11.2. The molecule has 3 nitrogen and oxygen atoms in total. The zero-order chi connectivity index (χ0) is 17.2. The topological polar surface area (TPSA) is 46.5 Å². The molecular weight excluding hydrogens is 288 g/mol. The molecule has 0 saturated heterocycles. The van der Waals surface area contributed by atoms with Crippen LogP contribution in [0.3, 0.4) is 0 Å². The molecule has 0 radical (unpaired) electrons. The quantitative estimate of drug-likeness (QED) is 0.272. The molecule has 0 saturated carbocycles. The second-order valence-electron chi connectivity index (χ2n) is 6.68. The van der Waals surface area contributed by atoms with Crippen molar-refractivity contribution in [3.05, 3.63) is 0 Å². The summed E-state index contributed by atoms with van der Waals surface area (Å²) in [5, 5.41) is 9.95. The third-order valence-corrected chi connectivity index (χ3v) is 4.36. The minimum absolute atomic E-state index is 0.0645. The van der Waals surface area contributed by atoms with Crippen LogP contribution in [0.5, 0.6) is 0 Å². The number of aliphatic hydroxyl groups is 1. The molecule has 3 heteroatoms. The molecule has 0 aliphatic heterocycles. The first kappa shape index (κ1) is 22.4. The molecule has 0 aromatic heterocycles. The van der Waals surface area contributed by atoms with Crippen molar-refractivity contribution in [3.63, 3.8) is 0 Å². The van der Waals surface area contributed by atoms with Gasteiger partial charge in [-0.2, -0.15) is 0 Å². The molecule has 0 amide bonds. The van der Waals surface area contributed by atoms with Crippen molar-refractivity contribution in [2.24, 2.45) is 0 Å². The van der Waals surface area contributed by atoms with Gasteiger partial charge in [0.05, 0.1) is 12.7 Å². The summed E-state index contributed by atoms with van der Waals surface area (Å²) in [5.41, 5.74) is 0. The van der Waals surface area contributed by atoms with Crippen molar-refractivity contribution in [1.82, 2.24) is 0 Å². The summed E-state index contributed by atoms with van der Waals surface area (Å²) in [6.07, 6.45) is 17.0. The molecular formula is C20H40O3. The van der Waals surface area contributed by atoms with Crippen molar-refractivity contribution in [3.8, 4) is 0 Å². The fourth-order valence-corrected chi connectivity index (χ4v) is 2.89. The fourth-order valence-electron chi connectivity index (χ4n) is 2.89. The van der Waals surface area contributed by atoms with Gasteiger partial charge in [0, 0.05) is 6.42 Å². The van der Waals surface area contributed by atoms with E-state index in [9.17, 15) is 9.90 Å². The van der Waals surface area contributed by atoms with Crippen molar-refractivity contribution in [2.75, 3.05) is 6.61 Å². The first-order valence-electron chi connectivity index (χ1n) is 10.0. The predicted molar refractivity (Wildman–Crippen MR) is 97.6 cm³/mol. The van der Waals surface area contributed by atoms with Gasteiger partial charge in [-0.25, -0.2) is 0 Å². The van der Waals surface area contributed by atoms with Gasteiger partial charge in [-0.1, -0.05) is 77.6 Å². The smallest absolute Gasteiger partial charge is 0.305 e. The number of unbranched alkanes of at least 4 members (excludes halogenated alkanes) is 10. The van der Waals surface area contributed by atoms with E-state index in [0.29, 0.717) is 13.0 Å². The van der Waals surface area contributed by atoms with Crippen molar-refractivity contribution in [1.29, 1.82) is 0 Å². The fraction of sp³-hybridized carbons (Fsp3) is 0.950. The number of rotatable bonds is 17. The van der Waals surface area contributed by atoms with Gasteiger partial charge in [0.25, 0.3) is 0 Å². The van der Waals surface area contributed by atoms with Crippen LogP contribution in [-0.4, -0.2) is 23.8 Å². The Morgan fingerprint density at radius 3 is 1.78 bits per heavy atom. The summed E-state index contributed by atoms with van der Waals surface area (Å²) in [6.45, 7) is 4.57. The Balaban J connectivity index is 3.20. The number of carbonyl (C=O) groups is 1. The van der Waals surface area contributed by atoms with E-state index in [2.05, 4.69) is 6.92 Å². The molecule has 0 aromatic carbocycles. The molecule has 0 aromatic rings. The number of ether oxygens (including phenoxy) is 1. The molecule has 138 valence electrons. The van der Waals surface area contributed by atoms with Gasteiger partial charge < -0.3 is 9.84 Å². The lowest BCUT2D eigenvalue weighted by Gasteiger charge is -2.10. The molecule has 0 aliphatic rings. The third kappa shape index (κ3) is 17.6. The van der Waals surface area contributed by atoms with Gasteiger partial charge in [-0.15, -0.1) is 0 Å². The average Bonchev–Trinajstić information content (AvgIpc) is 2.53. The maximum absolute atomic E-state index is 11.2. The summed E-state index contributed by atoms with van der Waals surface area (Å²) in [6, 6.07) is 0. The highest BCUT2D eigenvalue weighted by molar-refractivity contribution is 5.69. The Kier molecular flexibility index (Phi) is 17.3. The van der Waals surface area contributed by atoms with Crippen molar-refractivity contribution in [2.45, 2.75) is 116 Å². The van der Waals surface area contributed by atoms with Crippen LogP contribution in [0.2, 0.25) is 0 Å². The second-order valence-corrected chi connectivity index (χ2v) is 6.68. The number of hydrogen-bond donors (Lipinski definition) is 1. The Morgan fingerprint density at radius 1 is 0.783 bits per heavy atom. The van der Waals surface area contributed by atoms with Gasteiger partial charge in [0.1, 0.15) is 0 Å². The molecule has 0 aliphatic carbocycles. The molecule has 1 N–H and O–H groups in total. The monoisotopic (exact) mass is 328 g/mol. The Morgan fingerprint density at radius 2 is 1.26 bits per heavy atom. The van der Waals surface area contributed by atoms with E-state index in [-0.39, 0.29) is 12.1 Å². The lowest BCUT2D eigenvalue weighted by molar-refractivity contribution is -0.143. The molecule has 1 unspecified atom stereocenters. The predicted octanol–water partition coefficient (Wildman–Crippen LogP) is 5.78. The minimum atomic E-state index is -0.0926. The first-order chi connectivity index (χ1) is 11.2. The van der Waals surface area contributed by atoms with Gasteiger partial charge in [-0.05, 0) is 26.2 Å². The summed E-state index contributed by atoms with van der Waals surface area (Å²) in [7, 11) is 0. The van der Waals surface area contributed by atoms with Crippen LogP contribution >= 0.6 is 0 Å². The highest BCUT2D eigenvalue weighted by Crippen LogP contribution is 2.14. The van der Waals surface area contributed by atoms with Gasteiger partial charge in [0.15, 0.2) is 0 Å². The largest absolute Gasteiger partial charge is 0.466 e. The summed E-state index contributed by atoms with van der Waals surface area (Å²) in [4.78, 5) is 11.2. The highest BCUT2D eigenvalue weighted by Gasteiger charge is 2.04. The lowest BCUT2D eigenvalue weighted by Crippen LogP contribution is -2.06. The highest BCUT2D eigenvalue weighted by atomic mass is 16.5. The summed E-state index contributed by atoms with van der Waals surface area (Å²) < 4.78 is 4.91. The summed E-state index contributed by atoms with van der Waals surface area (Å²) in [5.74, 6) is -0.0645. The van der Waals surface area contributed by atoms with Gasteiger partial charge in [0.2, 0.25) is 0 Å². The first-order valence-corrected chi connectivity index (χ1v) is 10.0. The molecule has 0 bridgehead atoms. The van der Waals surface area contributed by atoms with Crippen LogP contribution in [0.1, 0.15) is 110 Å². The normalized spacial score (nSPS) is 12.3. The van der Waals surface area contributed by atoms with Crippen molar-refractivity contribution < 1.29 is 14.6 Å². The number of esters is 1. The molecule has 23 heavy (non-hydrogen) atoms. The van der Waals surface area contributed by atoms with E-state index in [1.54, 1.807) is 0 Å². The van der Waals surface area contributed by atoms with E-state index < -0.39 is 0 Å². The van der Waals surface area contributed by atoms with E-state index in [0.717, 1.165) is 32.1 Å². The zero-order valence-electron chi connectivity index (χ0n) is 15.7.